The molecule has 0 radical (unpaired) electrons. The third-order valence-corrected chi connectivity index (χ3v) is 3.74. The smallest absolute Gasteiger partial charge is 0.123 e. The van der Waals surface area contributed by atoms with Crippen LogP contribution < -0.4 is 5.32 Å². The van der Waals surface area contributed by atoms with Crippen molar-refractivity contribution in [3.63, 3.8) is 0 Å². The molecule has 0 saturated carbocycles. The van der Waals surface area contributed by atoms with Gasteiger partial charge in [0, 0.05) is 11.0 Å². The van der Waals surface area contributed by atoms with E-state index in [0.29, 0.717) is 6.54 Å². The van der Waals surface area contributed by atoms with E-state index in [1.165, 1.54) is 12.1 Å². The van der Waals surface area contributed by atoms with Gasteiger partial charge in [0.25, 0.3) is 0 Å². The molecule has 0 aliphatic rings. The molecule has 1 N–H and O–H groups in total. The fourth-order valence-corrected chi connectivity index (χ4v) is 2.37. The van der Waals surface area contributed by atoms with Crippen LogP contribution in [-0.2, 0) is 6.54 Å². The van der Waals surface area contributed by atoms with E-state index in [1.807, 2.05) is 19.1 Å². The molecule has 0 atom stereocenters. The summed E-state index contributed by atoms with van der Waals surface area (Å²) in [5.74, 6) is -0.236. The summed E-state index contributed by atoms with van der Waals surface area (Å²) in [6.45, 7) is 2.47. The molecule has 0 amide bonds. The van der Waals surface area contributed by atoms with Gasteiger partial charge in [0.05, 0.1) is 11.4 Å². The molecule has 18 heavy (non-hydrogen) atoms. The lowest BCUT2D eigenvalue weighted by atomic mass is 10.2. The van der Waals surface area contributed by atoms with E-state index in [4.69, 9.17) is 0 Å². The minimum Gasteiger partial charge on any atom is -0.379 e. The number of aryl methyl sites for hydroxylation is 1. The first-order valence-electron chi connectivity index (χ1n) is 5.37. The highest BCUT2D eigenvalue weighted by atomic mass is 79.9. The van der Waals surface area contributed by atoms with Crippen molar-refractivity contribution >= 4 is 37.5 Å². The summed E-state index contributed by atoms with van der Waals surface area (Å²) in [6, 6.07) is 8.47. The van der Waals surface area contributed by atoms with Crippen LogP contribution in [0.5, 0.6) is 0 Å². The molecule has 0 saturated heterocycles. The molecule has 0 spiro atoms. The van der Waals surface area contributed by atoms with Crippen molar-refractivity contribution in [2.75, 3.05) is 5.32 Å². The summed E-state index contributed by atoms with van der Waals surface area (Å²) in [5.41, 5.74) is 2.71. The molecule has 0 aliphatic heterocycles. The molecule has 5 heteroatoms. The fraction of sp³-hybridized carbons (Fsp3) is 0.154. The Labute approximate surface area is 122 Å². The Hall–Kier alpha value is -0.940. The van der Waals surface area contributed by atoms with Gasteiger partial charge in [-0.25, -0.2) is 9.37 Å². The molecule has 1 heterocycles. The zero-order valence-electron chi connectivity index (χ0n) is 9.67. The normalized spacial score (nSPS) is 10.4. The zero-order chi connectivity index (χ0) is 13.1. The molecule has 1 aromatic carbocycles. The van der Waals surface area contributed by atoms with Crippen LogP contribution in [-0.4, -0.2) is 4.98 Å². The first-order chi connectivity index (χ1) is 8.56. The second-order valence-corrected chi connectivity index (χ2v) is 5.52. The van der Waals surface area contributed by atoms with Gasteiger partial charge in [-0.3, -0.25) is 0 Å². The van der Waals surface area contributed by atoms with Crippen molar-refractivity contribution in [2.45, 2.75) is 13.5 Å². The van der Waals surface area contributed by atoms with Crippen molar-refractivity contribution in [1.82, 2.24) is 4.98 Å². The van der Waals surface area contributed by atoms with E-state index in [0.717, 1.165) is 26.0 Å². The van der Waals surface area contributed by atoms with Gasteiger partial charge in [-0.2, -0.15) is 0 Å². The minimum absolute atomic E-state index is 0.236. The largest absolute Gasteiger partial charge is 0.379 e. The lowest BCUT2D eigenvalue weighted by Crippen LogP contribution is -2.03. The third-order valence-electron chi connectivity index (χ3n) is 2.53. The molecule has 0 fully saturated rings. The Morgan fingerprint density at radius 1 is 1.22 bits per heavy atom. The maximum Gasteiger partial charge on any atom is 0.123 e. The van der Waals surface area contributed by atoms with Gasteiger partial charge in [0.2, 0.25) is 0 Å². The molecule has 1 aromatic heterocycles. The molecule has 0 unspecified atom stereocenters. The quantitative estimate of drug-likeness (QED) is 0.791. The number of pyridine rings is 1. The average molecular weight is 374 g/mol. The second kappa shape index (κ2) is 5.80. The van der Waals surface area contributed by atoms with Gasteiger partial charge >= 0.3 is 0 Å². The van der Waals surface area contributed by atoms with Crippen molar-refractivity contribution in [2.24, 2.45) is 0 Å². The Balaban J connectivity index is 2.13. The molecule has 0 bridgehead atoms. The summed E-state index contributed by atoms with van der Waals surface area (Å²) in [7, 11) is 0. The monoisotopic (exact) mass is 372 g/mol. The summed E-state index contributed by atoms with van der Waals surface area (Å²) < 4.78 is 14.8. The maximum atomic E-state index is 13.1. The van der Waals surface area contributed by atoms with Crippen LogP contribution in [0.1, 0.15) is 11.3 Å². The first-order valence-corrected chi connectivity index (χ1v) is 6.96. The number of hydrogen-bond donors (Lipinski definition) is 1. The number of nitrogens with one attached hydrogen (secondary N) is 1. The van der Waals surface area contributed by atoms with Crippen LogP contribution in [0.25, 0.3) is 0 Å². The van der Waals surface area contributed by atoms with Crippen molar-refractivity contribution < 1.29 is 4.39 Å². The van der Waals surface area contributed by atoms with Crippen LogP contribution in [0.15, 0.2) is 39.4 Å². The number of aromatic nitrogens is 1. The van der Waals surface area contributed by atoms with E-state index in [9.17, 15) is 4.39 Å². The fourth-order valence-electron chi connectivity index (χ4n) is 1.59. The van der Waals surface area contributed by atoms with Gasteiger partial charge < -0.3 is 5.32 Å². The van der Waals surface area contributed by atoms with Crippen molar-refractivity contribution in [3.8, 4) is 0 Å². The molecule has 94 valence electrons. The van der Waals surface area contributed by atoms with E-state index < -0.39 is 0 Å². The number of halogens is 3. The third kappa shape index (κ3) is 3.29. The van der Waals surface area contributed by atoms with E-state index in [1.54, 1.807) is 6.07 Å². The van der Waals surface area contributed by atoms with E-state index in [2.05, 4.69) is 42.2 Å². The van der Waals surface area contributed by atoms with Gasteiger partial charge in [0.1, 0.15) is 10.4 Å². The zero-order valence-corrected chi connectivity index (χ0v) is 12.8. The van der Waals surface area contributed by atoms with Gasteiger partial charge in [-0.05, 0) is 58.7 Å². The maximum absolute atomic E-state index is 13.1. The van der Waals surface area contributed by atoms with Crippen LogP contribution in [0.2, 0.25) is 0 Å². The van der Waals surface area contributed by atoms with Crippen LogP contribution in [0.3, 0.4) is 0 Å². The predicted octanol–water partition coefficient (Wildman–Crippen LogP) is 4.67. The molecule has 0 aliphatic carbocycles. The number of rotatable bonds is 3. The summed E-state index contributed by atoms with van der Waals surface area (Å²) >= 11 is 6.72. The average Bonchev–Trinajstić information content (AvgIpc) is 2.32. The molecule has 2 aromatic rings. The predicted molar refractivity (Wildman–Crippen MR) is 78.1 cm³/mol. The number of hydrogen-bond acceptors (Lipinski definition) is 2. The highest BCUT2D eigenvalue weighted by Gasteiger charge is 2.04. The summed E-state index contributed by atoms with van der Waals surface area (Å²) in [4.78, 5) is 4.29. The van der Waals surface area contributed by atoms with Crippen LogP contribution >= 0.6 is 31.9 Å². The molecular weight excluding hydrogens is 363 g/mol. The SMILES string of the molecule is Cc1nc(Br)ccc1NCc1cc(F)ccc1Br. The summed E-state index contributed by atoms with van der Waals surface area (Å²) in [5, 5.41) is 3.24. The number of nitrogens with zero attached hydrogens (tertiary/aromatic N) is 1. The number of anilines is 1. The Kier molecular flexibility index (Phi) is 4.35. The highest BCUT2D eigenvalue weighted by molar-refractivity contribution is 9.10. The summed E-state index contributed by atoms with van der Waals surface area (Å²) in [6.07, 6.45) is 0. The minimum atomic E-state index is -0.236. The van der Waals surface area contributed by atoms with E-state index >= 15 is 0 Å². The van der Waals surface area contributed by atoms with Crippen LogP contribution in [0.4, 0.5) is 10.1 Å². The molecular formula is C13H11Br2FN2. The Morgan fingerprint density at radius 3 is 2.72 bits per heavy atom. The Morgan fingerprint density at radius 2 is 2.00 bits per heavy atom. The second-order valence-electron chi connectivity index (χ2n) is 3.86. The van der Waals surface area contributed by atoms with E-state index in [-0.39, 0.29) is 5.82 Å². The first kappa shape index (κ1) is 13.5. The lowest BCUT2D eigenvalue weighted by Gasteiger charge is -2.10. The highest BCUT2D eigenvalue weighted by Crippen LogP contribution is 2.21. The van der Waals surface area contributed by atoms with Crippen molar-refractivity contribution in [3.05, 3.63) is 56.5 Å². The van der Waals surface area contributed by atoms with Gasteiger partial charge in [-0.1, -0.05) is 15.9 Å². The van der Waals surface area contributed by atoms with Gasteiger partial charge in [-0.15, -0.1) is 0 Å². The number of benzene rings is 1. The molecule has 2 rings (SSSR count). The molecule has 2 nitrogen and oxygen atoms in total. The van der Waals surface area contributed by atoms with Gasteiger partial charge in [0.15, 0.2) is 0 Å². The standard InChI is InChI=1S/C13H11Br2FN2/c1-8-12(4-5-13(15)18-8)17-7-9-6-10(16)2-3-11(9)14/h2-6,17H,7H2,1H3. The lowest BCUT2D eigenvalue weighted by molar-refractivity contribution is 0.625. The van der Waals surface area contributed by atoms with Crippen molar-refractivity contribution in [1.29, 1.82) is 0 Å². The Bertz CT molecular complexity index is 573. The van der Waals surface area contributed by atoms with Crippen LogP contribution in [0, 0.1) is 12.7 Å². The topological polar surface area (TPSA) is 24.9 Å².